The van der Waals surface area contributed by atoms with Crippen LogP contribution < -0.4 is 0 Å². The van der Waals surface area contributed by atoms with Gasteiger partial charge >= 0.3 is 0 Å². The molecule has 2 saturated carbocycles. The summed E-state index contributed by atoms with van der Waals surface area (Å²) in [5.74, 6) is 11.9. The zero-order valence-electron chi connectivity index (χ0n) is 24.9. The van der Waals surface area contributed by atoms with Gasteiger partial charge in [0.1, 0.15) is 0 Å². The van der Waals surface area contributed by atoms with Crippen molar-refractivity contribution in [1.29, 1.82) is 0 Å². The molecule has 0 saturated heterocycles. The first-order chi connectivity index (χ1) is 15.4. The molecule has 2 aliphatic carbocycles. The second-order valence-corrected chi connectivity index (χ2v) is 14.8. The van der Waals surface area contributed by atoms with Crippen LogP contribution in [0.5, 0.6) is 0 Å². The predicted octanol–water partition coefficient (Wildman–Crippen LogP) is 10.8. The van der Waals surface area contributed by atoms with E-state index in [9.17, 15) is 0 Å². The van der Waals surface area contributed by atoms with E-state index >= 15 is 0 Å². The highest BCUT2D eigenvalue weighted by Crippen LogP contribution is 2.48. The molecule has 2 rings (SSSR count). The van der Waals surface area contributed by atoms with Gasteiger partial charge in [0.25, 0.3) is 0 Å². The molecule has 0 aromatic carbocycles. The van der Waals surface area contributed by atoms with Crippen LogP contribution in [-0.4, -0.2) is 0 Å². The molecular formula is C33H64. The molecule has 0 radical (unpaired) electrons. The third kappa shape index (κ3) is 8.56. The maximum absolute atomic E-state index is 2.57. The minimum atomic E-state index is 0.807. The summed E-state index contributed by atoms with van der Waals surface area (Å²) in [6, 6.07) is 0. The van der Waals surface area contributed by atoms with Crippen molar-refractivity contribution in [3.05, 3.63) is 0 Å². The van der Waals surface area contributed by atoms with Crippen molar-refractivity contribution in [2.75, 3.05) is 0 Å². The van der Waals surface area contributed by atoms with Crippen LogP contribution in [0.1, 0.15) is 134 Å². The standard InChI is InChI=1S/C33H64/c1-21(2)31(17-25(9)16-27(11)33(23(5)6)24(7)8)19-28-13-15-29(18-28)30-14-12-26(10)32(20-30)22(3)4/h21-33H,12-20H2,1-11H3. The molecule has 0 N–H and O–H groups in total. The Morgan fingerprint density at radius 1 is 0.636 bits per heavy atom. The van der Waals surface area contributed by atoms with E-state index in [0.29, 0.717) is 0 Å². The van der Waals surface area contributed by atoms with Gasteiger partial charge in [0.05, 0.1) is 0 Å². The van der Waals surface area contributed by atoms with Gasteiger partial charge < -0.3 is 0 Å². The van der Waals surface area contributed by atoms with Crippen molar-refractivity contribution in [2.45, 2.75) is 134 Å². The SMILES string of the molecule is CC(CC(C)C(C(C)C)C(C)C)CC(CC1CCC(C2CCC(C)C(C(C)C)C2)C1)C(C)C. The lowest BCUT2D eigenvalue weighted by Gasteiger charge is -2.39. The van der Waals surface area contributed by atoms with Crippen LogP contribution in [-0.2, 0) is 0 Å². The van der Waals surface area contributed by atoms with Gasteiger partial charge in [-0.15, -0.1) is 0 Å². The van der Waals surface area contributed by atoms with Crippen molar-refractivity contribution in [2.24, 2.45) is 76.9 Å². The lowest BCUT2D eigenvalue weighted by molar-refractivity contribution is 0.110. The van der Waals surface area contributed by atoms with Gasteiger partial charge in [-0.25, -0.2) is 0 Å². The molecule has 0 nitrogen and oxygen atoms in total. The van der Waals surface area contributed by atoms with Crippen LogP contribution in [0.25, 0.3) is 0 Å². The molecule has 0 heterocycles. The summed E-state index contributed by atoms with van der Waals surface area (Å²) in [6.07, 6.45) is 13.6. The van der Waals surface area contributed by atoms with Crippen molar-refractivity contribution in [1.82, 2.24) is 0 Å². The van der Waals surface area contributed by atoms with E-state index in [1.807, 2.05) is 0 Å². The average Bonchev–Trinajstić information content (AvgIpc) is 3.15. The van der Waals surface area contributed by atoms with Crippen LogP contribution in [0.2, 0.25) is 0 Å². The van der Waals surface area contributed by atoms with Gasteiger partial charge in [-0.2, -0.15) is 0 Å². The van der Waals surface area contributed by atoms with E-state index in [1.165, 1.54) is 51.4 Å². The van der Waals surface area contributed by atoms with Gasteiger partial charge in [0.15, 0.2) is 0 Å². The fourth-order valence-corrected chi connectivity index (χ4v) is 9.06. The van der Waals surface area contributed by atoms with Crippen molar-refractivity contribution in [3.63, 3.8) is 0 Å². The van der Waals surface area contributed by atoms with E-state index in [1.54, 1.807) is 6.42 Å². The maximum Gasteiger partial charge on any atom is -0.0342 e. The summed E-state index contributed by atoms with van der Waals surface area (Å²) in [5.41, 5.74) is 0. The first kappa shape index (κ1) is 29.2. The van der Waals surface area contributed by atoms with Crippen molar-refractivity contribution in [3.8, 4) is 0 Å². The van der Waals surface area contributed by atoms with E-state index in [-0.39, 0.29) is 0 Å². The van der Waals surface area contributed by atoms with Crippen LogP contribution in [0, 0.1) is 76.9 Å². The summed E-state index contributed by atoms with van der Waals surface area (Å²) >= 11 is 0. The molecule has 0 aromatic heterocycles. The number of hydrogen-bond acceptors (Lipinski definition) is 0. The summed E-state index contributed by atoms with van der Waals surface area (Å²) in [5, 5.41) is 0. The minimum absolute atomic E-state index is 0.807. The normalized spacial score (nSPS) is 31.8. The average molecular weight is 461 g/mol. The van der Waals surface area contributed by atoms with E-state index < -0.39 is 0 Å². The highest BCUT2D eigenvalue weighted by Gasteiger charge is 2.38. The van der Waals surface area contributed by atoms with E-state index in [2.05, 4.69) is 76.2 Å². The topological polar surface area (TPSA) is 0 Å². The maximum atomic E-state index is 2.57. The Kier molecular flexibility index (Phi) is 11.8. The van der Waals surface area contributed by atoms with Gasteiger partial charge in [0.2, 0.25) is 0 Å². The molecule has 2 aliphatic rings. The summed E-state index contributed by atoms with van der Waals surface area (Å²) in [7, 11) is 0. The molecule has 0 heteroatoms. The van der Waals surface area contributed by atoms with E-state index in [0.717, 1.165) is 76.9 Å². The van der Waals surface area contributed by atoms with Crippen molar-refractivity contribution < 1.29 is 0 Å². The second-order valence-electron chi connectivity index (χ2n) is 14.8. The quantitative estimate of drug-likeness (QED) is 0.271. The van der Waals surface area contributed by atoms with Crippen LogP contribution in [0.15, 0.2) is 0 Å². The predicted molar refractivity (Wildman–Crippen MR) is 149 cm³/mol. The number of hydrogen-bond donors (Lipinski definition) is 0. The summed E-state index contributed by atoms with van der Waals surface area (Å²) in [4.78, 5) is 0. The van der Waals surface area contributed by atoms with Gasteiger partial charge in [-0.05, 0) is 122 Å². The Balaban J connectivity index is 1.87. The Bertz CT molecular complexity index is 520. The van der Waals surface area contributed by atoms with Gasteiger partial charge in [-0.1, -0.05) is 89.0 Å². The molecule has 2 fully saturated rings. The molecular weight excluding hydrogens is 396 g/mol. The highest BCUT2D eigenvalue weighted by atomic mass is 14.4. The zero-order valence-corrected chi connectivity index (χ0v) is 24.9. The Morgan fingerprint density at radius 3 is 1.76 bits per heavy atom. The molecule has 0 amide bonds. The monoisotopic (exact) mass is 461 g/mol. The molecule has 8 unspecified atom stereocenters. The third-order valence-electron chi connectivity index (χ3n) is 10.7. The van der Waals surface area contributed by atoms with Gasteiger partial charge in [0, 0.05) is 0 Å². The molecule has 0 aliphatic heterocycles. The van der Waals surface area contributed by atoms with Gasteiger partial charge in [-0.3, -0.25) is 0 Å². The molecule has 0 bridgehead atoms. The molecule has 0 aromatic rings. The molecule has 196 valence electrons. The molecule has 0 spiro atoms. The second kappa shape index (κ2) is 13.3. The zero-order chi connectivity index (χ0) is 24.9. The minimum Gasteiger partial charge on any atom is -0.0625 e. The van der Waals surface area contributed by atoms with E-state index in [4.69, 9.17) is 0 Å². The lowest BCUT2D eigenvalue weighted by atomic mass is 9.66. The Morgan fingerprint density at radius 2 is 1.21 bits per heavy atom. The lowest BCUT2D eigenvalue weighted by Crippen LogP contribution is -2.30. The smallest absolute Gasteiger partial charge is 0.0342 e. The fourth-order valence-electron chi connectivity index (χ4n) is 9.06. The Labute approximate surface area is 210 Å². The van der Waals surface area contributed by atoms with Crippen molar-refractivity contribution >= 4 is 0 Å². The van der Waals surface area contributed by atoms with Crippen LogP contribution >= 0.6 is 0 Å². The van der Waals surface area contributed by atoms with Crippen LogP contribution in [0.4, 0.5) is 0 Å². The summed E-state index contributed by atoms with van der Waals surface area (Å²) < 4.78 is 0. The first-order valence-corrected chi connectivity index (χ1v) is 15.4. The number of rotatable bonds is 12. The third-order valence-corrected chi connectivity index (χ3v) is 10.7. The van der Waals surface area contributed by atoms with Crippen LogP contribution in [0.3, 0.4) is 0 Å². The Hall–Kier alpha value is 0. The highest BCUT2D eigenvalue weighted by molar-refractivity contribution is 4.88. The summed E-state index contributed by atoms with van der Waals surface area (Å²) in [6.45, 7) is 27.4. The molecule has 8 atom stereocenters. The molecule has 33 heavy (non-hydrogen) atoms. The first-order valence-electron chi connectivity index (χ1n) is 15.4. The fraction of sp³-hybridized carbons (Fsp3) is 1.00. The largest absolute Gasteiger partial charge is 0.0625 e.